The summed E-state index contributed by atoms with van der Waals surface area (Å²) in [6.07, 6.45) is 3.60. The normalized spacial score (nSPS) is 17.5. The van der Waals surface area contributed by atoms with Crippen molar-refractivity contribution in [3.05, 3.63) is 23.8 Å². The highest BCUT2D eigenvalue weighted by atomic mass is 16.5. The highest BCUT2D eigenvalue weighted by Crippen LogP contribution is 2.51. The number of carbonyl (C=O) groups excluding carboxylic acids is 1. The summed E-state index contributed by atoms with van der Waals surface area (Å²) < 4.78 is 5.38. The lowest BCUT2D eigenvalue weighted by atomic mass is 9.66. The molecule has 0 fully saturated rings. The summed E-state index contributed by atoms with van der Waals surface area (Å²) in [5, 5.41) is 0. The third-order valence-electron chi connectivity index (χ3n) is 5.03. The molecule has 0 saturated heterocycles. The minimum absolute atomic E-state index is 0.139. The molecule has 0 bridgehead atoms. The molecule has 1 amide bonds. The van der Waals surface area contributed by atoms with Crippen LogP contribution in [0.2, 0.25) is 0 Å². The molecule has 2 N–H and O–H groups in total. The van der Waals surface area contributed by atoms with E-state index in [-0.39, 0.29) is 11.8 Å². The fraction of sp³-hybridized carbons (Fsp3) is 0.611. The van der Waals surface area contributed by atoms with Gasteiger partial charge in [0.05, 0.1) is 12.5 Å². The molecule has 4 nitrogen and oxygen atoms in total. The Morgan fingerprint density at radius 2 is 2.00 bits per heavy atom. The lowest BCUT2D eigenvalue weighted by Gasteiger charge is -2.36. The zero-order valence-corrected chi connectivity index (χ0v) is 14.2. The van der Waals surface area contributed by atoms with Crippen molar-refractivity contribution in [1.29, 1.82) is 0 Å². The second-order valence-corrected chi connectivity index (χ2v) is 6.38. The van der Waals surface area contributed by atoms with Gasteiger partial charge in [-0.05, 0) is 36.6 Å². The number of carbonyl (C=O) groups is 1. The standard InChI is InChI=1S/C18H28N2O2/c1-5-9-18(10-6-2,17(19)21)15-12-20(3)16-8-7-13(22-4)11-14(15)16/h7-8,11,15H,5-6,9-10,12H2,1-4H3,(H2,19,21). The van der Waals surface area contributed by atoms with Crippen molar-refractivity contribution in [3.63, 3.8) is 0 Å². The van der Waals surface area contributed by atoms with Crippen molar-refractivity contribution < 1.29 is 9.53 Å². The van der Waals surface area contributed by atoms with Crippen LogP contribution in [0.25, 0.3) is 0 Å². The number of amides is 1. The van der Waals surface area contributed by atoms with Gasteiger partial charge in [-0.3, -0.25) is 4.79 Å². The summed E-state index contributed by atoms with van der Waals surface area (Å²) in [6, 6.07) is 6.13. The summed E-state index contributed by atoms with van der Waals surface area (Å²) in [5.74, 6) is 0.815. The average Bonchev–Trinajstić information content (AvgIpc) is 2.83. The van der Waals surface area contributed by atoms with Crippen LogP contribution in [0.15, 0.2) is 18.2 Å². The van der Waals surface area contributed by atoms with Gasteiger partial charge in [0.2, 0.25) is 5.91 Å². The lowest BCUT2D eigenvalue weighted by Crippen LogP contribution is -2.43. The molecule has 0 radical (unpaired) electrons. The lowest BCUT2D eigenvalue weighted by molar-refractivity contribution is -0.130. The van der Waals surface area contributed by atoms with Crippen LogP contribution in [0.3, 0.4) is 0 Å². The first kappa shape index (κ1) is 16.7. The van der Waals surface area contributed by atoms with Crippen molar-refractivity contribution in [2.24, 2.45) is 11.1 Å². The van der Waals surface area contributed by atoms with Crippen LogP contribution in [-0.4, -0.2) is 26.6 Å². The Bertz CT molecular complexity index is 536. The average molecular weight is 304 g/mol. The zero-order valence-electron chi connectivity index (χ0n) is 14.2. The van der Waals surface area contributed by atoms with Gasteiger partial charge in [-0.25, -0.2) is 0 Å². The molecule has 1 aliphatic rings. The third-order valence-corrected chi connectivity index (χ3v) is 5.03. The van der Waals surface area contributed by atoms with Gasteiger partial charge >= 0.3 is 0 Å². The number of likely N-dealkylation sites (N-methyl/N-ethyl adjacent to an activating group) is 1. The molecule has 1 atom stereocenters. The predicted molar refractivity (Wildman–Crippen MR) is 90.4 cm³/mol. The van der Waals surface area contributed by atoms with E-state index < -0.39 is 5.41 Å². The van der Waals surface area contributed by atoms with E-state index in [0.717, 1.165) is 38.0 Å². The van der Waals surface area contributed by atoms with Crippen molar-refractivity contribution in [1.82, 2.24) is 0 Å². The summed E-state index contributed by atoms with van der Waals surface area (Å²) in [5.41, 5.74) is 7.83. The van der Waals surface area contributed by atoms with E-state index in [1.807, 2.05) is 6.07 Å². The van der Waals surface area contributed by atoms with Crippen LogP contribution in [-0.2, 0) is 4.79 Å². The van der Waals surface area contributed by atoms with Crippen LogP contribution in [0.1, 0.15) is 51.0 Å². The molecular weight excluding hydrogens is 276 g/mol. The van der Waals surface area contributed by atoms with E-state index in [2.05, 4.69) is 37.9 Å². The van der Waals surface area contributed by atoms with Gasteiger partial charge in [0.25, 0.3) is 0 Å². The first-order valence-electron chi connectivity index (χ1n) is 8.19. The Balaban J connectivity index is 2.53. The van der Waals surface area contributed by atoms with E-state index in [1.54, 1.807) is 7.11 Å². The Kier molecular flexibility index (Phi) is 4.99. The monoisotopic (exact) mass is 304 g/mol. The van der Waals surface area contributed by atoms with Gasteiger partial charge in [0.1, 0.15) is 5.75 Å². The topological polar surface area (TPSA) is 55.6 Å². The zero-order chi connectivity index (χ0) is 16.3. The van der Waals surface area contributed by atoms with Crippen LogP contribution in [0.5, 0.6) is 5.75 Å². The Hall–Kier alpha value is -1.71. The number of primary amides is 1. The number of anilines is 1. The molecular formula is C18H28N2O2. The number of rotatable bonds is 7. The van der Waals surface area contributed by atoms with E-state index in [1.165, 1.54) is 11.3 Å². The molecule has 0 saturated carbocycles. The Labute approximate surface area is 133 Å². The molecule has 0 aliphatic carbocycles. The van der Waals surface area contributed by atoms with Crippen LogP contribution >= 0.6 is 0 Å². The molecule has 0 aromatic heterocycles. The third kappa shape index (κ3) is 2.67. The summed E-state index contributed by atoms with van der Waals surface area (Å²) in [6.45, 7) is 5.09. The molecule has 122 valence electrons. The summed E-state index contributed by atoms with van der Waals surface area (Å²) in [7, 11) is 3.75. The SMILES string of the molecule is CCCC(CCC)(C(N)=O)C1CN(C)c2ccc(OC)cc21. The number of hydrogen-bond acceptors (Lipinski definition) is 3. The quantitative estimate of drug-likeness (QED) is 0.841. The van der Waals surface area contributed by atoms with Gasteiger partial charge in [0, 0.05) is 25.2 Å². The molecule has 1 aromatic rings. The maximum Gasteiger partial charge on any atom is 0.224 e. The molecule has 1 aromatic carbocycles. The van der Waals surface area contributed by atoms with E-state index in [0.29, 0.717) is 0 Å². The molecule has 1 unspecified atom stereocenters. The van der Waals surface area contributed by atoms with Crippen molar-refractivity contribution in [3.8, 4) is 5.75 Å². The first-order chi connectivity index (χ1) is 10.5. The number of methoxy groups -OCH3 is 1. The Morgan fingerprint density at radius 3 is 2.50 bits per heavy atom. The molecule has 0 spiro atoms. The minimum Gasteiger partial charge on any atom is -0.497 e. The highest BCUT2D eigenvalue weighted by molar-refractivity contribution is 5.83. The van der Waals surface area contributed by atoms with Gasteiger partial charge in [-0.1, -0.05) is 26.7 Å². The molecule has 4 heteroatoms. The van der Waals surface area contributed by atoms with E-state index in [4.69, 9.17) is 10.5 Å². The molecule has 2 rings (SSSR count). The number of benzene rings is 1. The van der Waals surface area contributed by atoms with Gasteiger partial charge in [-0.15, -0.1) is 0 Å². The first-order valence-corrected chi connectivity index (χ1v) is 8.19. The number of fused-ring (bicyclic) bond motifs is 1. The number of ether oxygens (including phenoxy) is 1. The van der Waals surface area contributed by atoms with Crippen LogP contribution < -0.4 is 15.4 Å². The van der Waals surface area contributed by atoms with Gasteiger partial charge in [0.15, 0.2) is 0 Å². The summed E-state index contributed by atoms with van der Waals surface area (Å²) in [4.78, 5) is 14.7. The maximum atomic E-state index is 12.4. The van der Waals surface area contributed by atoms with Crippen LogP contribution in [0.4, 0.5) is 5.69 Å². The summed E-state index contributed by atoms with van der Waals surface area (Å²) >= 11 is 0. The number of nitrogens with two attached hydrogens (primary N) is 1. The second-order valence-electron chi connectivity index (χ2n) is 6.38. The molecule has 22 heavy (non-hydrogen) atoms. The maximum absolute atomic E-state index is 12.4. The van der Waals surface area contributed by atoms with Gasteiger partial charge < -0.3 is 15.4 Å². The highest BCUT2D eigenvalue weighted by Gasteiger charge is 2.47. The van der Waals surface area contributed by atoms with Gasteiger partial charge in [-0.2, -0.15) is 0 Å². The Morgan fingerprint density at radius 1 is 1.36 bits per heavy atom. The fourth-order valence-corrected chi connectivity index (χ4v) is 4.01. The van der Waals surface area contributed by atoms with Crippen molar-refractivity contribution >= 4 is 11.6 Å². The van der Waals surface area contributed by atoms with Crippen molar-refractivity contribution in [2.45, 2.75) is 45.4 Å². The predicted octanol–water partition coefficient (Wildman–Crippen LogP) is 3.30. The van der Waals surface area contributed by atoms with Crippen LogP contribution in [0, 0.1) is 5.41 Å². The van der Waals surface area contributed by atoms with E-state index >= 15 is 0 Å². The smallest absolute Gasteiger partial charge is 0.224 e. The molecule has 1 aliphatic heterocycles. The minimum atomic E-state index is -0.463. The fourth-order valence-electron chi connectivity index (χ4n) is 4.01. The second kappa shape index (κ2) is 6.59. The number of nitrogens with zero attached hydrogens (tertiary/aromatic N) is 1. The van der Waals surface area contributed by atoms with Crippen molar-refractivity contribution in [2.75, 3.05) is 25.6 Å². The largest absolute Gasteiger partial charge is 0.497 e. The molecule has 1 heterocycles. The number of hydrogen-bond donors (Lipinski definition) is 1. The van der Waals surface area contributed by atoms with E-state index in [9.17, 15) is 4.79 Å².